The van der Waals surface area contributed by atoms with Crippen molar-refractivity contribution in [2.45, 2.75) is 12.8 Å². The number of anilines is 1. The molecule has 0 unspecified atom stereocenters. The van der Waals surface area contributed by atoms with Crippen LogP contribution >= 0.6 is 0 Å². The molecule has 1 aromatic heterocycles. The number of hydrogen-bond acceptors (Lipinski definition) is 3. The molecule has 20 heavy (non-hydrogen) atoms. The van der Waals surface area contributed by atoms with Crippen LogP contribution in [0.15, 0.2) is 42.5 Å². The third-order valence-electron chi connectivity index (χ3n) is 3.70. The smallest absolute Gasteiger partial charge is 0.272 e. The standard InChI is InChI=1S/C16H17N3O/c17-15-7-3-6-14(18-15)16(20)19-10-8-12-4-1-2-5-13(12)9-11-19/h1-7H,8-11H2,(H2,17,18). The molecule has 1 aliphatic heterocycles. The van der Waals surface area contributed by atoms with Gasteiger partial charge in [0.05, 0.1) is 0 Å². The third kappa shape index (κ3) is 2.50. The van der Waals surface area contributed by atoms with E-state index in [1.54, 1.807) is 18.2 Å². The highest BCUT2D eigenvalue weighted by Gasteiger charge is 2.20. The molecule has 0 aliphatic carbocycles. The molecule has 2 aromatic rings. The molecule has 0 spiro atoms. The Kier molecular flexibility index (Phi) is 3.37. The average Bonchev–Trinajstić information content (AvgIpc) is 2.69. The molecule has 0 radical (unpaired) electrons. The number of nitrogen functional groups attached to an aromatic ring is 1. The van der Waals surface area contributed by atoms with E-state index in [4.69, 9.17) is 5.73 Å². The maximum Gasteiger partial charge on any atom is 0.272 e. The van der Waals surface area contributed by atoms with Gasteiger partial charge in [-0.25, -0.2) is 4.98 Å². The summed E-state index contributed by atoms with van der Waals surface area (Å²) in [4.78, 5) is 18.4. The Labute approximate surface area is 118 Å². The maximum atomic E-state index is 12.5. The van der Waals surface area contributed by atoms with Gasteiger partial charge >= 0.3 is 0 Å². The molecule has 1 aliphatic rings. The first kappa shape index (κ1) is 12.7. The predicted molar refractivity (Wildman–Crippen MR) is 78.4 cm³/mol. The van der Waals surface area contributed by atoms with Crippen LogP contribution in [0.2, 0.25) is 0 Å². The van der Waals surface area contributed by atoms with E-state index in [2.05, 4.69) is 29.2 Å². The number of nitrogens with zero attached hydrogens (tertiary/aromatic N) is 2. The van der Waals surface area contributed by atoms with Crippen LogP contribution in [0.5, 0.6) is 0 Å². The SMILES string of the molecule is Nc1cccc(C(=O)N2CCc3ccccc3CC2)n1. The Bertz CT molecular complexity index is 612. The van der Waals surface area contributed by atoms with Gasteiger partial charge in [-0.2, -0.15) is 0 Å². The monoisotopic (exact) mass is 267 g/mol. The van der Waals surface area contributed by atoms with Crippen LogP contribution in [0, 0.1) is 0 Å². The summed E-state index contributed by atoms with van der Waals surface area (Å²) in [6.07, 6.45) is 1.79. The van der Waals surface area contributed by atoms with Gasteiger partial charge in [-0.3, -0.25) is 4.79 Å². The normalized spacial score (nSPS) is 14.5. The van der Waals surface area contributed by atoms with Gasteiger partial charge in [-0.15, -0.1) is 0 Å². The second-order valence-corrected chi connectivity index (χ2v) is 5.01. The minimum Gasteiger partial charge on any atom is -0.384 e. The van der Waals surface area contributed by atoms with E-state index >= 15 is 0 Å². The highest BCUT2D eigenvalue weighted by atomic mass is 16.2. The lowest BCUT2D eigenvalue weighted by atomic mass is 10.0. The first-order valence-corrected chi connectivity index (χ1v) is 6.82. The first-order chi connectivity index (χ1) is 9.74. The second-order valence-electron chi connectivity index (χ2n) is 5.01. The van der Waals surface area contributed by atoms with Crippen molar-refractivity contribution < 1.29 is 4.79 Å². The number of hydrogen-bond donors (Lipinski definition) is 1. The van der Waals surface area contributed by atoms with Crippen LogP contribution in [0.4, 0.5) is 5.82 Å². The van der Waals surface area contributed by atoms with Crippen molar-refractivity contribution in [2.24, 2.45) is 0 Å². The zero-order valence-corrected chi connectivity index (χ0v) is 11.2. The predicted octanol–water partition coefficient (Wildman–Crippen LogP) is 1.90. The van der Waals surface area contributed by atoms with E-state index < -0.39 is 0 Å². The van der Waals surface area contributed by atoms with Crippen molar-refractivity contribution in [1.29, 1.82) is 0 Å². The zero-order valence-electron chi connectivity index (χ0n) is 11.2. The van der Waals surface area contributed by atoms with Crippen LogP contribution in [0.1, 0.15) is 21.6 Å². The lowest BCUT2D eigenvalue weighted by molar-refractivity contribution is 0.0757. The summed E-state index contributed by atoms with van der Waals surface area (Å²) < 4.78 is 0. The molecule has 0 fully saturated rings. The lowest BCUT2D eigenvalue weighted by Gasteiger charge is -2.19. The van der Waals surface area contributed by atoms with Gasteiger partial charge in [0, 0.05) is 13.1 Å². The second kappa shape index (κ2) is 5.33. The Morgan fingerprint density at radius 1 is 1.00 bits per heavy atom. The van der Waals surface area contributed by atoms with E-state index in [-0.39, 0.29) is 5.91 Å². The van der Waals surface area contributed by atoms with Crippen molar-refractivity contribution in [3.05, 3.63) is 59.3 Å². The van der Waals surface area contributed by atoms with Crippen molar-refractivity contribution >= 4 is 11.7 Å². The van der Waals surface area contributed by atoms with Gasteiger partial charge in [0.15, 0.2) is 0 Å². The van der Waals surface area contributed by atoms with Crippen molar-refractivity contribution in [3.8, 4) is 0 Å². The van der Waals surface area contributed by atoms with Crippen molar-refractivity contribution in [1.82, 2.24) is 9.88 Å². The van der Waals surface area contributed by atoms with E-state index in [0.717, 1.165) is 25.9 Å². The van der Waals surface area contributed by atoms with Crippen LogP contribution in [-0.4, -0.2) is 28.9 Å². The van der Waals surface area contributed by atoms with Gasteiger partial charge in [0.1, 0.15) is 11.5 Å². The number of aromatic nitrogens is 1. The molecule has 4 heteroatoms. The van der Waals surface area contributed by atoms with Crippen LogP contribution in [0.3, 0.4) is 0 Å². The summed E-state index contributed by atoms with van der Waals surface area (Å²) in [5.74, 6) is 0.346. The van der Waals surface area contributed by atoms with E-state index in [1.807, 2.05) is 4.90 Å². The zero-order chi connectivity index (χ0) is 13.9. The summed E-state index contributed by atoms with van der Waals surface area (Å²) in [6, 6.07) is 13.6. The summed E-state index contributed by atoms with van der Waals surface area (Å²) in [6.45, 7) is 1.46. The van der Waals surface area contributed by atoms with E-state index in [0.29, 0.717) is 11.5 Å². The summed E-state index contributed by atoms with van der Waals surface area (Å²) >= 11 is 0. The summed E-state index contributed by atoms with van der Waals surface area (Å²) in [7, 11) is 0. The van der Waals surface area contributed by atoms with Crippen LogP contribution < -0.4 is 5.73 Å². The summed E-state index contributed by atoms with van der Waals surface area (Å²) in [5, 5.41) is 0. The molecular weight excluding hydrogens is 250 g/mol. The van der Waals surface area contributed by atoms with Crippen LogP contribution in [-0.2, 0) is 12.8 Å². The number of pyridine rings is 1. The average molecular weight is 267 g/mol. The molecule has 1 amide bonds. The Hall–Kier alpha value is -2.36. The third-order valence-corrected chi connectivity index (χ3v) is 3.70. The molecule has 1 aromatic carbocycles. The fourth-order valence-corrected chi connectivity index (χ4v) is 2.60. The Balaban J connectivity index is 1.78. The van der Waals surface area contributed by atoms with Gasteiger partial charge in [-0.05, 0) is 36.1 Å². The van der Waals surface area contributed by atoms with Crippen molar-refractivity contribution in [2.75, 3.05) is 18.8 Å². The van der Waals surface area contributed by atoms with Crippen molar-refractivity contribution in [3.63, 3.8) is 0 Å². The molecule has 3 rings (SSSR count). The maximum absolute atomic E-state index is 12.5. The minimum atomic E-state index is -0.0369. The Morgan fingerprint density at radius 2 is 1.65 bits per heavy atom. The minimum absolute atomic E-state index is 0.0369. The van der Waals surface area contributed by atoms with Gasteiger partial charge in [-0.1, -0.05) is 30.3 Å². The van der Waals surface area contributed by atoms with E-state index in [1.165, 1.54) is 11.1 Å². The number of nitrogens with two attached hydrogens (primary N) is 1. The molecule has 0 saturated carbocycles. The number of fused-ring (bicyclic) bond motifs is 1. The largest absolute Gasteiger partial charge is 0.384 e. The van der Waals surface area contributed by atoms with Gasteiger partial charge in [0.25, 0.3) is 5.91 Å². The highest BCUT2D eigenvalue weighted by Crippen LogP contribution is 2.17. The molecule has 4 nitrogen and oxygen atoms in total. The fourth-order valence-electron chi connectivity index (χ4n) is 2.60. The number of benzene rings is 1. The number of carbonyl (C=O) groups is 1. The van der Waals surface area contributed by atoms with E-state index in [9.17, 15) is 4.79 Å². The molecule has 2 heterocycles. The molecule has 2 N–H and O–H groups in total. The first-order valence-electron chi connectivity index (χ1n) is 6.82. The number of rotatable bonds is 1. The summed E-state index contributed by atoms with van der Waals surface area (Å²) in [5.41, 5.74) is 8.74. The number of carbonyl (C=O) groups excluding carboxylic acids is 1. The fraction of sp³-hybridized carbons (Fsp3) is 0.250. The quantitative estimate of drug-likeness (QED) is 0.858. The molecule has 0 atom stereocenters. The lowest BCUT2D eigenvalue weighted by Crippen LogP contribution is -2.33. The highest BCUT2D eigenvalue weighted by molar-refractivity contribution is 5.92. The van der Waals surface area contributed by atoms with Gasteiger partial charge in [0.2, 0.25) is 0 Å². The van der Waals surface area contributed by atoms with Gasteiger partial charge < -0.3 is 10.6 Å². The topological polar surface area (TPSA) is 59.2 Å². The number of amides is 1. The molecule has 0 saturated heterocycles. The van der Waals surface area contributed by atoms with Crippen LogP contribution in [0.25, 0.3) is 0 Å². The molecule has 0 bridgehead atoms. The molecule has 102 valence electrons. The molecular formula is C16H17N3O. The Morgan fingerprint density at radius 3 is 2.25 bits per heavy atom.